The summed E-state index contributed by atoms with van der Waals surface area (Å²) in [6.45, 7) is 6.18. The molecule has 3 aromatic rings. The molecule has 2 saturated heterocycles. The van der Waals surface area contributed by atoms with Crippen molar-refractivity contribution >= 4 is 17.6 Å². The molecule has 34 heavy (non-hydrogen) atoms. The Balaban J connectivity index is 1.47. The van der Waals surface area contributed by atoms with Crippen LogP contribution in [-0.2, 0) is 4.74 Å². The van der Waals surface area contributed by atoms with E-state index in [1.807, 2.05) is 16.7 Å². The zero-order valence-electron chi connectivity index (χ0n) is 18.8. The molecule has 0 spiro atoms. The van der Waals surface area contributed by atoms with Crippen molar-refractivity contribution in [1.29, 1.82) is 0 Å². The Morgan fingerprint density at radius 2 is 1.71 bits per heavy atom. The summed E-state index contributed by atoms with van der Waals surface area (Å²) in [6, 6.07) is 8.54. The minimum absolute atomic E-state index is 0.000370. The zero-order chi connectivity index (χ0) is 23.7. The summed E-state index contributed by atoms with van der Waals surface area (Å²) < 4.78 is 47.2. The van der Waals surface area contributed by atoms with Crippen LogP contribution in [-0.4, -0.2) is 66.9 Å². The first-order valence-electron chi connectivity index (χ1n) is 11.3. The summed E-state index contributed by atoms with van der Waals surface area (Å²) in [7, 11) is 0. The molecule has 0 N–H and O–H groups in total. The molecule has 10 heteroatoms. The number of aromatic nitrogens is 3. The minimum atomic E-state index is -0.926. The molecule has 0 saturated carbocycles. The molecule has 0 radical (unpaired) electrons. The monoisotopic (exact) mass is 470 g/mol. The van der Waals surface area contributed by atoms with Gasteiger partial charge in [-0.05, 0) is 37.3 Å². The fraction of sp³-hybridized carbons (Fsp3) is 0.375. The smallest absolute Gasteiger partial charge is 0.228 e. The van der Waals surface area contributed by atoms with E-state index in [0.29, 0.717) is 74.8 Å². The van der Waals surface area contributed by atoms with Gasteiger partial charge in [-0.2, -0.15) is 4.98 Å². The van der Waals surface area contributed by atoms with Crippen LogP contribution < -0.4 is 14.7 Å². The Morgan fingerprint density at radius 3 is 2.44 bits per heavy atom. The quantitative estimate of drug-likeness (QED) is 0.579. The average Bonchev–Trinajstić information content (AvgIpc) is 2.86. The van der Waals surface area contributed by atoms with E-state index in [-0.39, 0.29) is 11.9 Å². The van der Waals surface area contributed by atoms with Crippen molar-refractivity contribution in [2.75, 3.05) is 60.6 Å². The second-order valence-electron chi connectivity index (χ2n) is 8.44. The Bertz CT molecular complexity index is 1170. The molecule has 1 atom stereocenters. The van der Waals surface area contributed by atoms with E-state index in [4.69, 9.17) is 9.72 Å². The number of pyridine rings is 1. The predicted molar refractivity (Wildman–Crippen MR) is 124 cm³/mol. The zero-order valence-corrected chi connectivity index (χ0v) is 18.8. The van der Waals surface area contributed by atoms with Gasteiger partial charge in [0.25, 0.3) is 0 Å². The molecule has 2 aliphatic heterocycles. The van der Waals surface area contributed by atoms with Gasteiger partial charge >= 0.3 is 0 Å². The maximum absolute atomic E-state index is 14.3. The third-order valence-corrected chi connectivity index (χ3v) is 6.17. The Kier molecular flexibility index (Phi) is 6.23. The molecule has 2 fully saturated rings. The molecule has 0 aliphatic carbocycles. The number of nitrogens with zero attached hydrogens (tertiary/aromatic N) is 6. The first-order chi connectivity index (χ1) is 16.5. The molecule has 178 valence electrons. The molecule has 0 bridgehead atoms. The van der Waals surface area contributed by atoms with Crippen molar-refractivity contribution in [2.24, 2.45) is 0 Å². The number of piperazine rings is 1. The van der Waals surface area contributed by atoms with Crippen molar-refractivity contribution in [1.82, 2.24) is 15.0 Å². The molecule has 4 heterocycles. The number of anilines is 3. The molecule has 0 unspecified atom stereocenters. The summed E-state index contributed by atoms with van der Waals surface area (Å²) in [5, 5.41) is 0. The molecular formula is C24H25F3N6O. The van der Waals surface area contributed by atoms with Crippen LogP contribution in [0.3, 0.4) is 0 Å². The molecule has 2 aliphatic rings. The van der Waals surface area contributed by atoms with E-state index in [1.54, 1.807) is 18.3 Å². The van der Waals surface area contributed by atoms with Crippen molar-refractivity contribution in [2.45, 2.75) is 13.0 Å². The van der Waals surface area contributed by atoms with Crippen molar-refractivity contribution in [3.05, 3.63) is 60.0 Å². The fourth-order valence-corrected chi connectivity index (χ4v) is 4.38. The standard InChI is InChI=1S/C24H25F3N6O/c1-16-15-32(23-19(26)3-2-6-28-23)7-8-33(16)22-14-21(17-4-5-18(25)20(27)13-17)29-24(30-22)31-9-11-34-12-10-31/h2-6,13-14,16H,7-12,15H2,1H3/t16-/m1/s1. The summed E-state index contributed by atoms with van der Waals surface area (Å²) in [5.41, 5.74) is 0.981. The van der Waals surface area contributed by atoms with Gasteiger partial charge in [0.2, 0.25) is 5.95 Å². The van der Waals surface area contributed by atoms with Crippen LogP contribution in [0.4, 0.5) is 30.8 Å². The van der Waals surface area contributed by atoms with Crippen molar-refractivity contribution in [3.63, 3.8) is 0 Å². The predicted octanol–water partition coefficient (Wildman–Crippen LogP) is 3.51. The van der Waals surface area contributed by atoms with Crippen LogP contribution in [0.25, 0.3) is 11.3 Å². The molecule has 7 nitrogen and oxygen atoms in total. The number of rotatable bonds is 4. The number of benzene rings is 1. The van der Waals surface area contributed by atoms with Crippen LogP contribution in [0.15, 0.2) is 42.6 Å². The number of hydrogen-bond acceptors (Lipinski definition) is 7. The van der Waals surface area contributed by atoms with Crippen molar-refractivity contribution < 1.29 is 17.9 Å². The van der Waals surface area contributed by atoms with Gasteiger partial charge in [-0.25, -0.2) is 23.1 Å². The Morgan fingerprint density at radius 1 is 0.882 bits per heavy atom. The molecule has 0 amide bonds. The minimum Gasteiger partial charge on any atom is -0.378 e. The maximum Gasteiger partial charge on any atom is 0.228 e. The second kappa shape index (κ2) is 9.46. The highest BCUT2D eigenvalue weighted by molar-refractivity contribution is 5.66. The van der Waals surface area contributed by atoms with E-state index < -0.39 is 11.6 Å². The van der Waals surface area contributed by atoms with Gasteiger partial charge in [0.1, 0.15) is 5.82 Å². The maximum atomic E-state index is 14.3. The largest absolute Gasteiger partial charge is 0.378 e. The summed E-state index contributed by atoms with van der Waals surface area (Å²) in [4.78, 5) is 19.8. The van der Waals surface area contributed by atoms with Gasteiger partial charge in [0, 0.05) is 56.6 Å². The highest BCUT2D eigenvalue weighted by Crippen LogP contribution is 2.29. The summed E-state index contributed by atoms with van der Waals surface area (Å²) in [5.74, 6) is -0.632. The molecule has 2 aromatic heterocycles. The first kappa shape index (κ1) is 22.4. The first-order valence-corrected chi connectivity index (χ1v) is 11.3. The van der Waals surface area contributed by atoms with E-state index in [0.717, 1.165) is 12.1 Å². The third kappa shape index (κ3) is 4.50. The van der Waals surface area contributed by atoms with Gasteiger partial charge in [0.05, 0.1) is 18.9 Å². The molecule has 1 aromatic carbocycles. The molecule has 5 rings (SSSR count). The van der Waals surface area contributed by atoms with Gasteiger partial charge in [-0.3, -0.25) is 0 Å². The van der Waals surface area contributed by atoms with E-state index in [2.05, 4.69) is 14.9 Å². The molecular weight excluding hydrogens is 445 g/mol. The Labute approximate surface area is 195 Å². The average molecular weight is 470 g/mol. The van der Waals surface area contributed by atoms with Gasteiger partial charge in [-0.15, -0.1) is 0 Å². The number of morpholine rings is 1. The third-order valence-electron chi connectivity index (χ3n) is 6.17. The number of hydrogen-bond donors (Lipinski definition) is 0. The second-order valence-corrected chi connectivity index (χ2v) is 8.44. The van der Waals surface area contributed by atoms with Crippen LogP contribution in [0.1, 0.15) is 6.92 Å². The van der Waals surface area contributed by atoms with E-state index in [1.165, 1.54) is 12.1 Å². The lowest BCUT2D eigenvalue weighted by molar-refractivity contribution is 0.122. The van der Waals surface area contributed by atoms with Crippen LogP contribution in [0, 0.1) is 17.5 Å². The lowest BCUT2D eigenvalue weighted by Gasteiger charge is -2.41. The highest BCUT2D eigenvalue weighted by Gasteiger charge is 2.28. The normalized spacial score (nSPS) is 18.9. The van der Waals surface area contributed by atoms with Gasteiger partial charge in [-0.1, -0.05) is 0 Å². The SMILES string of the molecule is C[C@@H]1CN(c2ncccc2F)CCN1c1cc(-c2ccc(F)c(F)c2)nc(N2CCOCC2)n1. The van der Waals surface area contributed by atoms with E-state index >= 15 is 0 Å². The lowest BCUT2D eigenvalue weighted by Crippen LogP contribution is -2.53. The van der Waals surface area contributed by atoms with Crippen molar-refractivity contribution in [3.8, 4) is 11.3 Å². The van der Waals surface area contributed by atoms with Crippen LogP contribution >= 0.6 is 0 Å². The summed E-state index contributed by atoms with van der Waals surface area (Å²) >= 11 is 0. The summed E-state index contributed by atoms with van der Waals surface area (Å²) in [6.07, 6.45) is 1.59. The van der Waals surface area contributed by atoms with Crippen LogP contribution in [0.5, 0.6) is 0 Å². The lowest BCUT2D eigenvalue weighted by atomic mass is 10.1. The van der Waals surface area contributed by atoms with Crippen LogP contribution in [0.2, 0.25) is 0 Å². The Hall–Kier alpha value is -3.40. The number of ether oxygens (including phenoxy) is 1. The van der Waals surface area contributed by atoms with E-state index in [9.17, 15) is 13.2 Å². The fourth-order valence-electron chi connectivity index (χ4n) is 4.38. The van der Waals surface area contributed by atoms with Gasteiger partial charge < -0.3 is 19.4 Å². The highest BCUT2D eigenvalue weighted by atomic mass is 19.2. The van der Waals surface area contributed by atoms with Gasteiger partial charge in [0.15, 0.2) is 23.3 Å². The topological polar surface area (TPSA) is 57.6 Å². The number of halogens is 3.